The highest BCUT2D eigenvalue weighted by atomic mass is 32.2. The Hall–Kier alpha value is -1.11. The van der Waals surface area contributed by atoms with E-state index in [1.165, 1.54) is 0 Å². The van der Waals surface area contributed by atoms with Crippen molar-refractivity contribution in [2.75, 3.05) is 32.5 Å². The molecule has 0 aromatic heterocycles. The Labute approximate surface area is 127 Å². The molecule has 118 valence electrons. The fourth-order valence-corrected chi connectivity index (χ4v) is 3.79. The van der Waals surface area contributed by atoms with Crippen LogP contribution < -0.4 is 10.0 Å². The quantitative estimate of drug-likeness (QED) is 0.839. The van der Waals surface area contributed by atoms with Crippen LogP contribution in [0.15, 0.2) is 23.1 Å². The maximum Gasteiger partial charge on any atom is 0.240 e. The van der Waals surface area contributed by atoms with Gasteiger partial charge in [-0.3, -0.25) is 0 Å². The van der Waals surface area contributed by atoms with Crippen LogP contribution in [0.4, 0.5) is 5.69 Å². The summed E-state index contributed by atoms with van der Waals surface area (Å²) in [6.45, 7) is 3.72. The van der Waals surface area contributed by atoms with Crippen molar-refractivity contribution in [1.29, 1.82) is 0 Å². The molecule has 1 aliphatic heterocycles. The van der Waals surface area contributed by atoms with Crippen molar-refractivity contribution in [2.45, 2.75) is 37.1 Å². The third-order valence-corrected chi connectivity index (χ3v) is 5.28. The summed E-state index contributed by atoms with van der Waals surface area (Å²) in [6.07, 6.45) is 2.77. The number of aryl methyl sites for hydroxylation is 1. The molecule has 0 saturated carbocycles. The zero-order valence-electron chi connectivity index (χ0n) is 13.0. The van der Waals surface area contributed by atoms with Crippen molar-refractivity contribution < 1.29 is 8.42 Å². The molecule has 5 nitrogen and oxygen atoms in total. The van der Waals surface area contributed by atoms with Crippen LogP contribution in [-0.2, 0) is 16.4 Å². The molecule has 0 radical (unpaired) electrons. The molecule has 0 aliphatic carbocycles. The average Bonchev–Trinajstić information content (AvgIpc) is 2.44. The molecule has 6 heteroatoms. The molecule has 1 aromatic rings. The second-order valence-electron chi connectivity index (χ2n) is 5.96. The maximum atomic E-state index is 12.4. The molecule has 1 aromatic carbocycles. The number of nitrogens with zero attached hydrogens (tertiary/aromatic N) is 1. The van der Waals surface area contributed by atoms with E-state index < -0.39 is 10.0 Å². The molecule has 2 N–H and O–H groups in total. The number of hydrogen-bond acceptors (Lipinski definition) is 4. The van der Waals surface area contributed by atoms with Crippen molar-refractivity contribution in [3.05, 3.63) is 23.8 Å². The molecule has 21 heavy (non-hydrogen) atoms. The van der Waals surface area contributed by atoms with Gasteiger partial charge in [0.1, 0.15) is 0 Å². The normalized spacial score (nSPS) is 16.4. The van der Waals surface area contributed by atoms with Gasteiger partial charge in [0.05, 0.1) is 4.90 Å². The van der Waals surface area contributed by atoms with Crippen molar-refractivity contribution in [3.8, 4) is 0 Å². The predicted octanol–water partition coefficient (Wildman–Crippen LogP) is 1.66. The number of nitrogens with one attached hydrogen (secondary N) is 2. The molecule has 2 rings (SSSR count). The van der Waals surface area contributed by atoms with Gasteiger partial charge in [-0.25, -0.2) is 13.1 Å². The molecule has 0 spiro atoms. The van der Waals surface area contributed by atoms with E-state index >= 15 is 0 Å². The van der Waals surface area contributed by atoms with Crippen LogP contribution in [-0.4, -0.2) is 46.5 Å². The first kappa shape index (κ1) is 16.3. The van der Waals surface area contributed by atoms with E-state index in [0.717, 1.165) is 43.6 Å². The van der Waals surface area contributed by atoms with Gasteiger partial charge in [-0.05, 0) is 70.6 Å². The van der Waals surface area contributed by atoms with Crippen LogP contribution in [0, 0.1) is 0 Å². The number of fused-ring (bicyclic) bond motifs is 1. The number of benzene rings is 1. The maximum absolute atomic E-state index is 12.4. The van der Waals surface area contributed by atoms with E-state index in [1.54, 1.807) is 12.1 Å². The van der Waals surface area contributed by atoms with Crippen molar-refractivity contribution in [1.82, 2.24) is 9.62 Å². The van der Waals surface area contributed by atoms with Crippen LogP contribution in [0.3, 0.4) is 0 Å². The lowest BCUT2D eigenvalue weighted by Gasteiger charge is -2.20. The third-order valence-electron chi connectivity index (χ3n) is 3.69. The highest BCUT2D eigenvalue weighted by Gasteiger charge is 2.19. The largest absolute Gasteiger partial charge is 0.385 e. The van der Waals surface area contributed by atoms with Crippen LogP contribution >= 0.6 is 0 Å². The minimum Gasteiger partial charge on any atom is -0.385 e. The number of anilines is 1. The lowest BCUT2D eigenvalue weighted by Crippen LogP contribution is -2.34. The molecule has 1 atom stereocenters. The SMILES string of the molecule is CC(CCN(C)C)NS(=O)(=O)c1ccc2c(c1)CCCN2. The smallest absolute Gasteiger partial charge is 0.240 e. The van der Waals surface area contributed by atoms with E-state index in [2.05, 4.69) is 14.9 Å². The van der Waals surface area contributed by atoms with Gasteiger partial charge in [0, 0.05) is 18.3 Å². The highest BCUT2D eigenvalue weighted by Crippen LogP contribution is 2.25. The van der Waals surface area contributed by atoms with Crippen molar-refractivity contribution in [2.24, 2.45) is 0 Å². The first-order valence-corrected chi connectivity index (χ1v) is 8.90. The third kappa shape index (κ3) is 4.43. The summed E-state index contributed by atoms with van der Waals surface area (Å²) in [6, 6.07) is 5.26. The fourth-order valence-electron chi connectivity index (χ4n) is 2.46. The fraction of sp³-hybridized carbons (Fsp3) is 0.600. The summed E-state index contributed by atoms with van der Waals surface area (Å²) in [4.78, 5) is 2.41. The topological polar surface area (TPSA) is 61.4 Å². The Balaban J connectivity index is 2.08. The molecular weight excluding hydrogens is 286 g/mol. The van der Waals surface area contributed by atoms with Gasteiger partial charge >= 0.3 is 0 Å². The lowest BCUT2D eigenvalue weighted by molar-refractivity contribution is 0.379. The van der Waals surface area contributed by atoms with Gasteiger partial charge in [-0.1, -0.05) is 0 Å². The van der Waals surface area contributed by atoms with E-state index in [0.29, 0.717) is 4.90 Å². The molecule has 0 fully saturated rings. The van der Waals surface area contributed by atoms with Crippen LogP contribution in [0.25, 0.3) is 0 Å². The Morgan fingerprint density at radius 3 is 2.86 bits per heavy atom. The van der Waals surface area contributed by atoms with E-state index in [4.69, 9.17) is 0 Å². The highest BCUT2D eigenvalue weighted by molar-refractivity contribution is 7.89. The van der Waals surface area contributed by atoms with Gasteiger partial charge in [-0.2, -0.15) is 0 Å². The molecule has 0 bridgehead atoms. The van der Waals surface area contributed by atoms with Crippen LogP contribution in [0.5, 0.6) is 0 Å². The van der Waals surface area contributed by atoms with E-state index in [-0.39, 0.29) is 6.04 Å². The summed E-state index contributed by atoms with van der Waals surface area (Å²) in [5, 5.41) is 3.29. The Kier molecular flexibility index (Phi) is 5.24. The molecule has 1 aliphatic rings. The van der Waals surface area contributed by atoms with Crippen LogP contribution in [0.1, 0.15) is 25.3 Å². The molecule has 0 amide bonds. The Morgan fingerprint density at radius 1 is 1.38 bits per heavy atom. The van der Waals surface area contributed by atoms with Gasteiger partial charge in [0.25, 0.3) is 0 Å². The first-order valence-electron chi connectivity index (χ1n) is 7.42. The van der Waals surface area contributed by atoms with Gasteiger partial charge in [-0.15, -0.1) is 0 Å². The minimum atomic E-state index is -3.44. The zero-order chi connectivity index (χ0) is 15.5. The summed E-state index contributed by atoms with van der Waals surface area (Å²) in [5.41, 5.74) is 2.14. The zero-order valence-corrected chi connectivity index (χ0v) is 13.8. The minimum absolute atomic E-state index is 0.0773. The monoisotopic (exact) mass is 311 g/mol. The summed E-state index contributed by atoms with van der Waals surface area (Å²) >= 11 is 0. The van der Waals surface area contributed by atoms with Gasteiger partial charge in [0.2, 0.25) is 10.0 Å². The predicted molar refractivity (Wildman–Crippen MR) is 86.2 cm³/mol. The standard InChI is InChI=1S/C15H25N3O2S/c1-12(8-10-18(2)3)17-21(19,20)14-6-7-15-13(11-14)5-4-9-16-15/h6-7,11-12,16-17H,4-5,8-10H2,1-3H3. The first-order chi connectivity index (χ1) is 9.88. The molecule has 1 heterocycles. The van der Waals surface area contributed by atoms with Gasteiger partial charge in [0.15, 0.2) is 0 Å². The van der Waals surface area contributed by atoms with Crippen molar-refractivity contribution >= 4 is 15.7 Å². The molecule has 1 unspecified atom stereocenters. The summed E-state index contributed by atoms with van der Waals surface area (Å²) in [7, 11) is 0.530. The number of hydrogen-bond donors (Lipinski definition) is 2. The van der Waals surface area contributed by atoms with Crippen molar-refractivity contribution in [3.63, 3.8) is 0 Å². The molecular formula is C15H25N3O2S. The number of sulfonamides is 1. The Bertz CT molecular complexity index is 585. The van der Waals surface area contributed by atoms with Gasteiger partial charge < -0.3 is 10.2 Å². The second-order valence-corrected chi connectivity index (χ2v) is 7.68. The average molecular weight is 311 g/mol. The second kappa shape index (κ2) is 6.77. The molecule has 0 saturated heterocycles. The van der Waals surface area contributed by atoms with E-state index in [9.17, 15) is 8.42 Å². The lowest BCUT2D eigenvalue weighted by atomic mass is 10.0. The Morgan fingerprint density at radius 2 is 2.14 bits per heavy atom. The summed E-state index contributed by atoms with van der Waals surface area (Å²) in [5.74, 6) is 0. The van der Waals surface area contributed by atoms with Crippen LogP contribution in [0.2, 0.25) is 0 Å². The number of rotatable bonds is 6. The van der Waals surface area contributed by atoms with E-state index in [1.807, 2.05) is 27.1 Å². The summed E-state index contributed by atoms with van der Waals surface area (Å²) < 4.78 is 27.6.